The topological polar surface area (TPSA) is 38.2 Å². The molecule has 4 nitrogen and oxygen atoms in total. The van der Waals surface area contributed by atoms with Gasteiger partial charge in [-0.15, -0.1) is 0 Å². The second-order valence-electron chi connectivity index (χ2n) is 6.12. The van der Waals surface area contributed by atoms with Crippen LogP contribution in [-0.2, 0) is 0 Å². The quantitative estimate of drug-likeness (QED) is 0.808. The Bertz CT molecular complexity index is 700. The van der Waals surface area contributed by atoms with Crippen LogP contribution in [0.2, 0.25) is 0 Å². The van der Waals surface area contributed by atoms with Gasteiger partial charge in [-0.3, -0.25) is 0 Å². The first-order valence-corrected chi connectivity index (χ1v) is 7.94. The second kappa shape index (κ2) is 5.99. The van der Waals surface area contributed by atoms with E-state index in [-0.39, 0.29) is 5.82 Å². The van der Waals surface area contributed by atoms with Crippen molar-refractivity contribution >= 4 is 5.95 Å². The van der Waals surface area contributed by atoms with Crippen LogP contribution in [0.1, 0.15) is 12.8 Å². The molecule has 2 aliphatic rings. The van der Waals surface area contributed by atoms with Gasteiger partial charge in [-0.2, -0.15) is 4.98 Å². The summed E-state index contributed by atoms with van der Waals surface area (Å²) in [7, 11) is 0. The molecule has 1 aromatic heterocycles. The molecule has 0 saturated carbocycles. The molecule has 4 rings (SSSR count). The van der Waals surface area contributed by atoms with Crippen LogP contribution in [0.4, 0.5) is 10.3 Å². The number of anilines is 1. The standard InChI is InChI=1S/C18H18FN3O/c19-15-5-7-16(8-6-15)23-17-9-10-20-18(21-17)22-11-13-3-1-2-4-14(13)12-22/h1-2,5-10,13-14H,3-4,11-12H2. The zero-order chi connectivity index (χ0) is 15.6. The highest BCUT2D eigenvalue weighted by Crippen LogP contribution is 2.34. The highest BCUT2D eigenvalue weighted by molar-refractivity contribution is 5.36. The molecule has 1 aromatic carbocycles. The average molecular weight is 311 g/mol. The van der Waals surface area contributed by atoms with Crippen molar-refractivity contribution in [1.29, 1.82) is 0 Å². The molecule has 0 amide bonds. The van der Waals surface area contributed by atoms with E-state index in [1.165, 1.54) is 12.1 Å². The lowest BCUT2D eigenvalue weighted by Crippen LogP contribution is -2.22. The van der Waals surface area contributed by atoms with Crippen LogP contribution in [0, 0.1) is 17.7 Å². The maximum absolute atomic E-state index is 12.9. The van der Waals surface area contributed by atoms with Crippen molar-refractivity contribution in [3.8, 4) is 11.6 Å². The highest BCUT2D eigenvalue weighted by atomic mass is 19.1. The van der Waals surface area contributed by atoms with Gasteiger partial charge < -0.3 is 9.64 Å². The first-order chi connectivity index (χ1) is 11.3. The minimum absolute atomic E-state index is 0.283. The maximum Gasteiger partial charge on any atom is 0.228 e. The summed E-state index contributed by atoms with van der Waals surface area (Å²) in [6, 6.07) is 7.64. The highest BCUT2D eigenvalue weighted by Gasteiger charge is 2.33. The van der Waals surface area contributed by atoms with E-state index in [9.17, 15) is 4.39 Å². The lowest BCUT2D eigenvalue weighted by Gasteiger charge is -2.17. The van der Waals surface area contributed by atoms with Gasteiger partial charge in [0.05, 0.1) is 0 Å². The molecule has 118 valence electrons. The van der Waals surface area contributed by atoms with Crippen LogP contribution in [0.5, 0.6) is 11.6 Å². The van der Waals surface area contributed by atoms with Gasteiger partial charge in [0.15, 0.2) is 0 Å². The smallest absolute Gasteiger partial charge is 0.228 e. The van der Waals surface area contributed by atoms with Crippen LogP contribution in [0.15, 0.2) is 48.7 Å². The third-order valence-electron chi connectivity index (χ3n) is 4.56. The number of aromatic nitrogens is 2. The van der Waals surface area contributed by atoms with Gasteiger partial charge in [-0.25, -0.2) is 9.37 Å². The Morgan fingerprint density at radius 1 is 1.00 bits per heavy atom. The Hall–Kier alpha value is -2.43. The van der Waals surface area contributed by atoms with Crippen LogP contribution in [0.3, 0.4) is 0 Å². The third-order valence-corrected chi connectivity index (χ3v) is 4.56. The Balaban J connectivity index is 1.49. The zero-order valence-electron chi connectivity index (χ0n) is 12.7. The molecule has 1 aliphatic heterocycles. The van der Waals surface area contributed by atoms with Crippen LogP contribution >= 0.6 is 0 Å². The summed E-state index contributed by atoms with van der Waals surface area (Å²) in [5.41, 5.74) is 0. The predicted octanol–water partition coefficient (Wildman–Crippen LogP) is 3.81. The second-order valence-corrected chi connectivity index (χ2v) is 6.12. The van der Waals surface area contributed by atoms with Crippen molar-refractivity contribution in [2.75, 3.05) is 18.0 Å². The van der Waals surface area contributed by atoms with Crippen LogP contribution in [-0.4, -0.2) is 23.1 Å². The molecule has 2 aromatic rings. The summed E-state index contributed by atoms with van der Waals surface area (Å²) in [5.74, 6) is 2.87. The largest absolute Gasteiger partial charge is 0.439 e. The summed E-state index contributed by atoms with van der Waals surface area (Å²) in [4.78, 5) is 11.1. The number of hydrogen-bond donors (Lipinski definition) is 0. The van der Waals surface area contributed by atoms with Crippen LogP contribution in [0.25, 0.3) is 0 Å². The van der Waals surface area contributed by atoms with Gasteiger partial charge in [-0.05, 0) is 48.9 Å². The zero-order valence-corrected chi connectivity index (χ0v) is 12.7. The Morgan fingerprint density at radius 2 is 1.70 bits per heavy atom. The number of nitrogens with zero attached hydrogens (tertiary/aromatic N) is 3. The molecule has 2 heterocycles. The number of ether oxygens (including phenoxy) is 1. The first-order valence-electron chi connectivity index (χ1n) is 7.94. The fourth-order valence-corrected chi connectivity index (χ4v) is 3.34. The van der Waals surface area contributed by atoms with Crippen molar-refractivity contribution < 1.29 is 9.13 Å². The van der Waals surface area contributed by atoms with Gasteiger partial charge in [0.25, 0.3) is 0 Å². The van der Waals surface area contributed by atoms with E-state index < -0.39 is 0 Å². The van der Waals surface area contributed by atoms with Crippen LogP contribution < -0.4 is 9.64 Å². The third kappa shape index (κ3) is 3.04. The molecule has 0 bridgehead atoms. The summed E-state index contributed by atoms with van der Waals surface area (Å²) in [6.07, 6.45) is 8.56. The Kier molecular flexibility index (Phi) is 3.69. The van der Waals surface area contributed by atoms with E-state index in [0.717, 1.165) is 25.9 Å². The van der Waals surface area contributed by atoms with Gasteiger partial charge in [-0.1, -0.05) is 12.2 Å². The number of fused-ring (bicyclic) bond motifs is 1. The number of hydrogen-bond acceptors (Lipinski definition) is 4. The SMILES string of the molecule is Fc1ccc(Oc2ccnc(N3CC4CC=CCC4C3)n2)cc1. The molecular formula is C18H18FN3O. The summed E-state index contributed by atoms with van der Waals surface area (Å²) in [6.45, 7) is 1.99. The Morgan fingerprint density at radius 3 is 2.39 bits per heavy atom. The van der Waals surface area contributed by atoms with E-state index in [1.807, 2.05) is 0 Å². The van der Waals surface area contributed by atoms with Gasteiger partial charge >= 0.3 is 0 Å². The van der Waals surface area contributed by atoms with Crippen molar-refractivity contribution in [3.63, 3.8) is 0 Å². The van der Waals surface area contributed by atoms with Crippen molar-refractivity contribution in [3.05, 3.63) is 54.5 Å². The molecule has 23 heavy (non-hydrogen) atoms. The molecule has 1 saturated heterocycles. The fraction of sp³-hybridized carbons (Fsp3) is 0.333. The molecule has 1 aliphatic carbocycles. The molecule has 0 radical (unpaired) electrons. The molecule has 1 fully saturated rings. The van der Waals surface area contributed by atoms with E-state index in [1.54, 1.807) is 24.4 Å². The number of rotatable bonds is 3. The van der Waals surface area contributed by atoms with Crippen molar-refractivity contribution in [2.45, 2.75) is 12.8 Å². The lowest BCUT2D eigenvalue weighted by molar-refractivity contribution is 0.411. The molecule has 0 N–H and O–H groups in total. The molecule has 5 heteroatoms. The van der Waals surface area contributed by atoms with E-state index in [0.29, 0.717) is 29.4 Å². The van der Waals surface area contributed by atoms with E-state index in [4.69, 9.17) is 4.74 Å². The van der Waals surface area contributed by atoms with Gasteiger partial charge in [0.2, 0.25) is 11.8 Å². The Labute approximate surface area is 134 Å². The molecule has 2 atom stereocenters. The van der Waals surface area contributed by atoms with Gasteiger partial charge in [0, 0.05) is 25.4 Å². The number of benzene rings is 1. The fourth-order valence-electron chi connectivity index (χ4n) is 3.34. The first kappa shape index (κ1) is 14.2. The number of allylic oxidation sites excluding steroid dienone is 2. The van der Waals surface area contributed by atoms with Crippen molar-refractivity contribution in [2.24, 2.45) is 11.8 Å². The molecular weight excluding hydrogens is 293 g/mol. The van der Waals surface area contributed by atoms with Crippen molar-refractivity contribution in [1.82, 2.24) is 9.97 Å². The summed E-state index contributed by atoms with van der Waals surface area (Å²) < 4.78 is 18.6. The summed E-state index contributed by atoms with van der Waals surface area (Å²) in [5, 5.41) is 0. The summed E-state index contributed by atoms with van der Waals surface area (Å²) >= 11 is 0. The minimum atomic E-state index is -0.283. The van der Waals surface area contributed by atoms with E-state index >= 15 is 0 Å². The molecule has 2 unspecified atom stereocenters. The monoisotopic (exact) mass is 311 g/mol. The molecule has 0 spiro atoms. The minimum Gasteiger partial charge on any atom is -0.439 e. The predicted molar refractivity (Wildman–Crippen MR) is 86.1 cm³/mol. The maximum atomic E-state index is 12.9. The number of halogens is 1. The van der Waals surface area contributed by atoms with Gasteiger partial charge in [0.1, 0.15) is 11.6 Å². The van der Waals surface area contributed by atoms with E-state index in [2.05, 4.69) is 27.0 Å². The average Bonchev–Trinajstić information content (AvgIpc) is 3.01. The lowest BCUT2D eigenvalue weighted by atomic mass is 9.86. The normalized spacial score (nSPS) is 22.9.